The monoisotopic (exact) mass is 480 g/mol. The van der Waals surface area contributed by atoms with E-state index < -0.39 is 18.0 Å². The fourth-order valence-electron chi connectivity index (χ4n) is 3.81. The Hall–Kier alpha value is -1.69. The number of para-hydroxylation sites is 1. The molecule has 0 radical (unpaired) electrons. The Bertz CT molecular complexity index is 649. The van der Waals surface area contributed by atoms with E-state index in [1.807, 2.05) is 31.2 Å². The maximum Gasteiger partial charge on any atom is 0.344 e. The molecule has 0 spiro atoms. The Morgan fingerprint density at radius 2 is 1.27 bits per heavy atom. The van der Waals surface area contributed by atoms with Crippen LogP contribution in [0.1, 0.15) is 110 Å². The highest BCUT2D eigenvalue weighted by Crippen LogP contribution is 2.31. The number of carboxylic acid groups (broad SMARTS) is 2. The number of hydrogen-bond donors (Lipinski definition) is 2. The van der Waals surface area contributed by atoms with Gasteiger partial charge in [0.25, 0.3) is 0 Å². The molecular weight excluding hydrogens is 436 g/mol. The van der Waals surface area contributed by atoms with E-state index in [-0.39, 0.29) is 0 Å². The van der Waals surface area contributed by atoms with E-state index in [4.69, 9.17) is 9.84 Å². The smallest absolute Gasteiger partial charge is 0.344 e. The average Bonchev–Trinajstić information content (AvgIpc) is 2.79. The van der Waals surface area contributed by atoms with Crippen LogP contribution in [0.3, 0.4) is 0 Å². The lowest BCUT2D eigenvalue weighted by molar-refractivity contribution is -0.145. The van der Waals surface area contributed by atoms with Crippen LogP contribution >= 0.6 is 11.8 Å². The molecule has 5 nitrogen and oxygen atoms in total. The molecule has 2 N–H and O–H groups in total. The van der Waals surface area contributed by atoms with Crippen LogP contribution in [0.5, 0.6) is 5.75 Å². The fraction of sp³-hybridized carbons (Fsp3) is 0.704. The number of rotatable bonds is 22. The number of benzene rings is 1. The highest BCUT2D eigenvalue weighted by Gasteiger charge is 2.18. The van der Waals surface area contributed by atoms with Gasteiger partial charge in [-0.25, -0.2) is 4.79 Å². The zero-order valence-corrected chi connectivity index (χ0v) is 21.3. The van der Waals surface area contributed by atoms with Crippen molar-refractivity contribution in [1.82, 2.24) is 0 Å². The van der Waals surface area contributed by atoms with Crippen LogP contribution < -0.4 is 4.74 Å². The average molecular weight is 481 g/mol. The molecule has 1 atom stereocenters. The normalized spacial score (nSPS) is 11.9. The molecule has 188 valence electrons. The Labute approximate surface area is 204 Å². The van der Waals surface area contributed by atoms with E-state index in [1.54, 1.807) is 11.8 Å². The van der Waals surface area contributed by atoms with E-state index in [0.29, 0.717) is 18.6 Å². The number of ether oxygens (including phenoxy) is 1. The third kappa shape index (κ3) is 15.7. The predicted molar refractivity (Wildman–Crippen MR) is 136 cm³/mol. The highest BCUT2D eigenvalue weighted by atomic mass is 32.2. The van der Waals surface area contributed by atoms with Gasteiger partial charge in [-0.1, -0.05) is 96.1 Å². The number of aliphatic carboxylic acids is 2. The number of hydrogen-bond acceptors (Lipinski definition) is 4. The number of unbranched alkanes of at least 4 members (excludes halogenated alkanes) is 13. The molecule has 0 heterocycles. The summed E-state index contributed by atoms with van der Waals surface area (Å²) >= 11 is 1.75. The van der Waals surface area contributed by atoms with Crippen molar-refractivity contribution in [2.24, 2.45) is 0 Å². The van der Waals surface area contributed by atoms with Crippen LogP contribution in [-0.2, 0) is 9.59 Å². The molecule has 33 heavy (non-hydrogen) atoms. The first-order valence-electron chi connectivity index (χ1n) is 12.9. The lowest BCUT2D eigenvalue weighted by atomic mass is 10.0. The van der Waals surface area contributed by atoms with Crippen LogP contribution in [0, 0.1) is 0 Å². The second kappa shape index (κ2) is 19.7. The van der Waals surface area contributed by atoms with Crippen LogP contribution in [0.4, 0.5) is 0 Å². The largest absolute Gasteiger partial charge is 0.481 e. The number of carboxylic acids is 2. The fourth-order valence-corrected chi connectivity index (χ4v) is 4.81. The third-order valence-electron chi connectivity index (χ3n) is 5.81. The highest BCUT2D eigenvalue weighted by molar-refractivity contribution is 7.99. The summed E-state index contributed by atoms with van der Waals surface area (Å²) in [6, 6.07) is 7.73. The number of thioether (sulfide) groups is 1. The number of carbonyl (C=O) groups is 2. The molecule has 0 amide bonds. The molecule has 6 heteroatoms. The van der Waals surface area contributed by atoms with Gasteiger partial charge in [-0.05, 0) is 37.1 Å². The quantitative estimate of drug-likeness (QED) is 0.129. The van der Waals surface area contributed by atoms with E-state index in [9.17, 15) is 14.7 Å². The van der Waals surface area contributed by atoms with Crippen molar-refractivity contribution < 1.29 is 24.5 Å². The first-order chi connectivity index (χ1) is 16.0. The Morgan fingerprint density at radius 3 is 1.76 bits per heavy atom. The Kier molecular flexibility index (Phi) is 17.6. The third-order valence-corrected chi connectivity index (χ3v) is 6.95. The summed E-state index contributed by atoms with van der Waals surface area (Å²) < 4.78 is 5.70. The van der Waals surface area contributed by atoms with Crippen molar-refractivity contribution in [3.63, 3.8) is 0 Å². The lowest BCUT2D eigenvalue weighted by Crippen LogP contribution is -2.26. The van der Waals surface area contributed by atoms with E-state index >= 15 is 0 Å². The van der Waals surface area contributed by atoms with E-state index in [2.05, 4.69) is 0 Å². The van der Waals surface area contributed by atoms with Crippen molar-refractivity contribution in [2.75, 3.05) is 5.75 Å². The van der Waals surface area contributed by atoms with Gasteiger partial charge in [0.1, 0.15) is 5.75 Å². The van der Waals surface area contributed by atoms with Gasteiger partial charge in [0, 0.05) is 11.3 Å². The van der Waals surface area contributed by atoms with Gasteiger partial charge in [-0.3, -0.25) is 4.79 Å². The van der Waals surface area contributed by atoms with Crippen molar-refractivity contribution in [3.05, 3.63) is 24.3 Å². The molecule has 1 aromatic carbocycles. The van der Waals surface area contributed by atoms with Crippen LogP contribution in [0.15, 0.2) is 29.2 Å². The Morgan fingerprint density at radius 1 is 0.788 bits per heavy atom. The van der Waals surface area contributed by atoms with Crippen LogP contribution in [0.25, 0.3) is 0 Å². The summed E-state index contributed by atoms with van der Waals surface area (Å²) in [5.41, 5.74) is 0. The second-order valence-electron chi connectivity index (χ2n) is 8.74. The molecule has 0 aliphatic rings. The lowest BCUT2D eigenvalue weighted by Gasteiger charge is -2.16. The van der Waals surface area contributed by atoms with Gasteiger partial charge in [-0.2, -0.15) is 0 Å². The molecule has 1 rings (SSSR count). The first kappa shape index (κ1) is 29.3. The molecule has 0 fully saturated rings. The molecule has 0 bridgehead atoms. The first-order valence-corrected chi connectivity index (χ1v) is 13.9. The van der Waals surface area contributed by atoms with Crippen molar-refractivity contribution in [2.45, 2.75) is 121 Å². The molecule has 1 unspecified atom stereocenters. The van der Waals surface area contributed by atoms with Crippen molar-refractivity contribution in [3.8, 4) is 5.75 Å². The molecular formula is C27H44O5S. The minimum Gasteiger partial charge on any atom is -0.481 e. The van der Waals surface area contributed by atoms with E-state index in [0.717, 1.165) is 23.5 Å². The van der Waals surface area contributed by atoms with Crippen LogP contribution in [0.2, 0.25) is 0 Å². The van der Waals surface area contributed by atoms with Gasteiger partial charge >= 0.3 is 11.9 Å². The van der Waals surface area contributed by atoms with Gasteiger partial charge < -0.3 is 14.9 Å². The standard InChI is InChI=1S/C27H44O5S/c1-2-23(27(30)31)32-24-19-16-17-20-25(24)33-22-18-14-12-10-8-6-4-3-5-7-9-11-13-15-21-26(28)29/h16-17,19-20,23H,2-15,18,21-22H2,1H3,(H,28,29)(H,30,31). The second-order valence-corrected chi connectivity index (χ2v) is 9.88. The molecule has 0 aliphatic heterocycles. The van der Waals surface area contributed by atoms with Gasteiger partial charge in [-0.15, -0.1) is 11.8 Å². The summed E-state index contributed by atoms with van der Waals surface area (Å²) in [5.74, 6) is 0.114. The maximum atomic E-state index is 11.2. The molecule has 0 aliphatic carbocycles. The summed E-state index contributed by atoms with van der Waals surface area (Å²) in [5, 5.41) is 17.8. The minimum atomic E-state index is -0.915. The molecule has 0 aromatic heterocycles. The van der Waals surface area contributed by atoms with Crippen LogP contribution in [-0.4, -0.2) is 34.0 Å². The maximum absolute atomic E-state index is 11.2. The van der Waals surface area contributed by atoms with Crippen molar-refractivity contribution in [1.29, 1.82) is 0 Å². The predicted octanol–water partition coefficient (Wildman–Crippen LogP) is 7.96. The zero-order valence-electron chi connectivity index (χ0n) is 20.4. The summed E-state index contributed by atoms with van der Waals surface area (Å²) in [4.78, 5) is 22.7. The SMILES string of the molecule is CCC(Oc1ccccc1SCCCCCCCCCCCCCCCCC(=O)O)C(=O)O. The summed E-state index contributed by atoms with van der Waals surface area (Å²) in [6.45, 7) is 1.82. The van der Waals surface area contributed by atoms with Gasteiger partial charge in [0.05, 0.1) is 0 Å². The van der Waals surface area contributed by atoms with E-state index in [1.165, 1.54) is 77.0 Å². The molecule has 0 saturated carbocycles. The van der Waals surface area contributed by atoms with Gasteiger partial charge in [0.2, 0.25) is 0 Å². The van der Waals surface area contributed by atoms with Gasteiger partial charge in [0.15, 0.2) is 6.10 Å². The molecule has 0 saturated heterocycles. The van der Waals surface area contributed by atoms with Crippen molar-refractivity contribution >= 4 is 23.7 Å². The minimum absolute atomic E-state index is 0.315. The zero-order chi connectivity index (χ0) is 24.2. The topological polar surface area (TPSA) is 83.8 Å². The summed E-state index contributed by atoms with van der Waals surface area (Å²) in [7, 11) is 0. The Balaban J connectivity index is 1.96. The summed E-state index contributed by atoms with van der Waals surface area (Å²) in [6.07, 6.45) is 17.2. The molecule has 1 aromatic rings.